The van der Waals surface area contributed by atoms with Crippen molar-refractivity contribution in [3.63, 3.8) is 0 Å². The Bertz CT molecular complexity index is 932. The maximum atomic E-state index is 12.4. The maximum Gasteiger partial charge on any atom is 0.275 e. The van der Waals surface area contributed by atoms with E-state index in [-0.39, 0.29) is 29.9 Å². The van der Waals surface area contributed by atoms with E-state index in [1.165, 1.54) is 11.1 Å². The van der Waals surface area contributed by atoms with Crippen molar-refractivity contribution in [2.75, 3.05) is 18.1 Å². The highest BCUT2D eigenvalue weighted by Gasteiger charge is 2.37. The summed E-state index contributed by atoms with van der Waals surface area (Å²) in [5.74, 6) is 0.483. The van der Waals surface area contributed by atoms with E-state index in [0.29, 0.717) is 11.4 Å². The smallest absolute Gasteiger partial charge is 0.275 e. The molecule has 0 spiro atoms. The number of rotatable bonds is 5. The topological polar surface area (TPSA) is 126 Å². The van der Waals surface area contributed by atoms with Crippen molar-refractivity contribution < 1.29 is 9.59 Å². The lowest BCUT2D eigenvalue weighted by molar-refractivity contribution is -0.128. The van der Waals surface area contributed by atoms with Crippen LogP contribution in [0.3, 0.4) is 0 Å². The van der Waals surface area contributed by atoms with Gasteiger partial charge in [-0.15, -0.1) is 11.8 Å². The highest BCUT2D eigenvalue weighted by molar-refractivity contribution is 7.99. The molecule has 0 aromatic carbocycles. The zero-order valence-electron chi connectivity index (χ0n) is 15.8. The van der Waals surface area contributed by atoms with Crippen LogP contribution in [0.15, 0.2) is 40.7 Å². The van der Waals surface area contributed by atoms with Crippen LogP contribution < -0.4 is 11.1 Å². The molecular formula is C18H21N7O2S. The normalized spacial score (nSPS) is 19.3. The van der Waals surface area contributed by atoms with Gasteiger partial charge in [-0.2, -0.15) is 0 Å². The van der Waals surface area contributed by atoms with Gasteiger partial charge >= 0.3 is 0 Å². The third-order valence-electron chi connectivity index (χ3n) is 4.30. The third-order valence-corrected chi connectivity index (χ3v) is 5.09. The summed E-state index contributed by atoms with van der Waals surface area (Å²) < 4.78 is 0. The molecule has 0 fully saturated rings. The highest BCUT2D eigenvalue weighted by Crippen LogP contribution is 2.32. The number of aromatic nitrogens is 3. The molecule has 146 valence electrons. The van der Waals surface area contributed by atoms with E-state index in [1.54, 1.807) is 50.3 Å². The first-order valence-corrected chi connectivity index (χ1v) is 9.65. The van der Waals surface area contributed by atoms with Crippen LogP contribution in [-0.2, 0) is 10.3 Å². The number of guanidine groups is 1. The van der Waals surface area contributed by atoms with Crippen molar-refractivity contribution in [3.05, 3.63) is 42.1 Å². The average Bonchev–Trinajstić information content (AvgIpc) is 2.67. The quantitative estimate of drug-likeness (QED) is 0.732. The molecule has 1 atom stereocenters. The monoisotopic (exact) mass is 399 g/mol. The fourth-order valence-corrected chi connectivity index (χ4v) is 3.26. The van der Waals surface area contributed by atoms with Gasteiger partial charge in [-0.3, -0.25) is 19.5 Å². The molecule has 0 saturated heterocycles. The number of nitrogens with two attached hydrogens (primary N) is 1. The number of nitrogens with zero attached hydrogens (tertiary/aromatic N) is 5. The summed E-state index contributed by atoms with van der Waals surface area (Å²) in [6, 6.07) is 3.34. The van der Waals surface area contributed by atoms with Crippen LogP contribution >= 0.6 is 11.8 Å². The van der Waals surface area contributed by atoms with E-state index in [0.717, 1.165) is 10.8 Å². The molecule has 10 heteroatoms. The second-order valence-electron chi connectivity index (χ2n) is 6.43. The molecule has 3 heterocycles. The van der Waals surface area contributed by atoms with Gasteiger partial charge in [-0.05, 0) is 24.8 Å². The van der Waals surface area contributed by atoms with Crippen molar-refractivity contribution in [2.45, 2.75) is 30.8 Å². The lowest BCUT2D eigenvalue weighted by Gasteiger charge is -2.32. The van der Waals surface area contributed by atoms with Crippen LogP contribution in [0.1, 0.15) is 36.5 Å². The molecular weight excluding hydrogens is 378 g/mol. The van der Waals surface area contributed by atoms with E-state index in [1.807, 2.05) is 6.92 Å². The standard InChI is InChI=1S/C18H21N7O2S/c1-4-28-14-10-21-12(9-22-14)16(27)23-11-5-6-20-13(7-11)18(2)8-15(26)25(3)17(19)24-18/h5-7,9-10H,4,8H2,1-3H3,(H2,19,24)(H,20,23,27). The molecule has 1 aliphatic heterocycles. The van der Waals surface area contributed by atoms with Crippen molar-refractivity contribution in [2.24, 2.45) is 10.7 Å². The minimum Gasteiger partial charge on any atom is -0.369 e. The van der Waals surface area contributed by atoms with E-state index < -0.39 is 5.54 Å². The first-order valence-electron chi connectivity index (χ1n) is 8.67. The molecule has 0 aliphatic carbocycles. The lowest BCUT2D eigenvalue weighted by atomic mass is 9.91. The number of aliphatic imine (C=N–C) groups is 1. The van der Waals surface area contributed by atoms with Crippen molar-refractivity contribution in [1.29, 1.82) is 0 Å². The number of carbonyl (C=O) groups excluding carboxylic acids is 2. The van der Waals surface area contributed by atoms with Crippen LogP contribution in [-0.4, -0.2) is 50.4 Å². The van der Waals surface area contributed by atoms with Gasteiger partial charge in [-0.25, -0.2) is 15.0 Å². The largest absolute Gasteiger partial charge is 0.369 e. The van der Waals surface area contributed by atoms with E-state index in [9.17, 15) is 9.59 Å². The Morgan fingerprint density at radius 1 is 1.36 bits per heavy atom. The maximum absolute atomic E-state index is 12.4. The molecule has 0 radical (unpaired) electrons. The molecule has 0 saturated carbocycles. The summed E-state index contributed by atoms with van der Waals surface area (Å²) >= 11 is 1.55. The Morgan fingerprint density at radius 3 is 2.79 bits per heavy atom. The molecule has 2 aromatic heterocycles. The predicted molar refractivity (Wildman–Crippen MR) is 107 cm³/mol. The Morgan fingerprint density at radius 2 is 2.14 bits per heavy atom. The first-order chi connectivity index (χ1) is 13.3. The number of pyridine rings is 1. The van der Waals surface area contributed by atoms with Crippen LogP contribution in [0.5, 0.6) is 0 Å². The Balaban J connectivity index is 1.80. The predicted octanol–water partition coefficient (Wildman–Crippen LogP) is 1.63. The van der Waals surface area contributed by atoms with Gasteiger partial charge in [0.25, 0.3) is 5.91 Å². The van der Waals surface area contributed by atoms with Crippen molar-refractivity contribution in [1.82, 2.24) is 19.9 Å². The zero-order chi connectivity index (χ0) is 20.3. The summed E-state index contributed by atoms with van der Waals surface area (Å²) in [4.78, 5) is 43.0. The highest BCUT2D eigenvalue weighted by atomic mass is 32.2. The summed E-state index contributed by atoms with van der Waals surface area (Å²) in [5.41, 5.74) is 6.22. The van der Waals surface area contributed by atoms with E-state index in [2.05, 4.69) is 25.3 Å². The first kappa shape index (κ1) is 19.7. The molecule has 3 rings (SSSR count). The third kappa shape index (κ3) is 4.11. The number of hydrogen-bond donors (Lipinski definition) is 2. The van der Waals surface area contributed by atoms with Crippen LogP contribution in [0.4, 0.5) is 5.69 Å². The van der Waals surface area contributed by atoms with Gasteiger partial charge in [0.2, 0.25) is 5.91 Å². The fourth-order valence-electron chi connectivity index (χ4n) is 2.71. The van der Waals surface area contributed by atoms with Gasteiger partial charge in [-0.1, -0.05) is 6.92 Å². The Labute approximate surface area is 166 Å². The molecule has 3 N–H and O–H groups in total. The Kier molecular flexibility index (Phi) is 5.59. The summed E-state index contributed by atoms with van der Waals surface area (Å²) in [6.07, 6.45) is 4.70. The molecule has 0 bridgehead atoms. The second-order valence-corrected chi connectivity index (χ2v) is 7.71. The molecule has 2 amide bonds. The van der Waals surface area contributed by atoms with Gasteiger partial charge in [0.15, 0.2) is 5.96 Å². The fraction of sp³-hybridized carbons (Fsp3) is 0.333. The second kappa shape index (κ2) is 7.93. The lowest BCUT2D eigenvalue weighted by Crippen LogP contribution is -2.47. The number of nitrogens with one attached hydrogen (secondary N) is 1. The van der Waals surface area contributed by atoms with Crippen LogP contribution in [0.2, 0.25) is 0 Å². The summed E-state index contributed by atoms with van der Waals surface area (Å²) in [6.45, 7) is 3.80. The van der Waals surface area contributed by atoms with Crippen molar-refractivity contribution >= 4 is 35.2 Å². The zero-order valence-corrected chi connectivity index (χ0v) is 16.7. The average molecular weight is 399 g/mol. The number of amides is 2. The van der Waals surface area contributed by atoms with E-state index in [4.69, 9.17) is 5.73 Å². The van der Waals surface area contributed by atoms with Gasteiger partial charge in [0.1, 0.15) is 16.3 Å². The molecule has 1 unspecified atom stereocenters. The summed E-state index contributed by atoms with van der Waals surface area (Å²) in [5, 5.41) is 3.54. The van der Waals surface area contributed by atoms with E-state index >= 15 is 0 Å². The van der Waals surface area contributed by atoms with Crippen molar-refractivity contribution in [3.8, 4) is 0 Å². The number of anilines is 1. The SMILES string of the molecule is CCSc1cnc(C(=O)Nc2ccnc(C3(C)CC(=O)N(C)C(N)=N3)c2)cn1. The minimum absolute atomic E-state index is 0.135. The van der Waals surface area contributed by atoms with Gasteiger partial charge < -0.3 is 11.1 Å². The Hall–Kier alpha value is -3.01. The minimum atomic E-state index is -0.896. The molecule has 28 heavy (non-hydrogen) atoms. The molecule has 1 aliphatic rings. The van der Waals surface area contributed by atoms with Gasteiger partial charge in [0.05, 0.1) is 24.5 Å². The summed E-state index contributed by atoms with van der Waals surface area (Å²) in [7, 11) is 1.58. The van der Waals surface area contributed by atoms with Crippen LogP contribution in [0.25, 0.3) is 0 Å². The van der Waals surface area contributed by atoms with Gasteiger partial charge in [0, 0.05) is 18.9 Å². The van der Waals surface area contributed by atoms with Crippen LogP contribution in [0, 0.1) is 0 Å². The molecule has 9 nitrogen and oxygen atoms in total. The number of hydrogen-bond acceptors (Lipinski definition) is 8. The number of thioether (sulfide) groups is 1. The molecule has 2 aromatic rings. The number of carbonyl (C=O) groups is 2.